The van der Waals surface area contributed by atoms with E-state index in [9.17, 15) is 30.0 Å². The number of Topliss-reactive ketones (excluding diaryl/α,β-unsaturated/α-hetero) is 1. The maximum Gasteiger partial charge on any atom is 0.259 e. The number of hydrogen-bond donors (Lipinski definition) is 5. The van der Waals surface area contributed by atoms with Crippen LogP contribution in [-0.2, 0) is 19.1 Å². The molecule has 1 unspecified atom stereocenters. The molecule has 3 aliphatic heterocycles. The van der Waals surface area contributed by atoms with Gasteiger partial charge in [0.1, 0.15) is 22.8 Å². The van der Waals surface area contributed by atoms with E-state index in [4.69, 9.17) is 9.47 Å². The fraction of sp³-hybridized carbons (Fsp3) is 0.676. The second-order valence-corrected chi connectivity index (χ2v) is 15.3. The number of aliphatic hydroxyl groups excluding tert-OH is 2. The van der Waals surface area contributed by atoms with E-state index in [2.05, 4.69) is 39.1 Å². The van der Waals surface area contributed by atoms with E-state index in [-0.39, 0.29) is 82.2 Å². The van der Waals surface area contributed by atoms with Gasteiger partial charge in [-0.15, -0.1) is 0 Å². The number of ketones is 1. The first kappa shape index (κ1) is 33.0. The van der Waals surface area contributed by atoms with E-state index in [0.29, 0.717) is 24.8 Å². The summed E-state index contributed by atoms with van der Waals surface area (Å²) in [4.78, 5) is 27.5. The third kappa shape index (κ3) is 5.66. The molecule has 1 aromatic rings. The first-order valence-corrected chi connectivity index (χ1v) is 17.2. The minimum atomic E-state index is -0.875. The zero-order valence-electron chi connectivity index (χ0n) is 27.9. The van der Waals surface area contributed by atoms with Crippen LogP contribution in [0.5, 0.6) is 11.5 Å². The van der Waals surface area contributed by atoms with Gasteiger partial charge in [-0.1, -0.05) is 39.3 Å². The Labute approximate surface area is 272 Å². The molecule has 2 aliphatic carbocycles. The van der Waals surface area contributed by atoms with Crippen molar-refractivity contribution in [3.05, 3.63) is 46.7 Å². The van der Waals surface area contributed by atoms with Gasteiger partial charge in [-0.2, -0.15) is 0 Å². The molecule has 3 heterocycles. The van der Waals surface area contributed by atoms with Crippen LogP contribution in [0, 0.1) is 47.3 Å². The van der Waals surface area contributed by atoms with E-state index < -0.39 is 29.8 Å². The van der Waals surface area contributed by atoms with Crippen LogP contribution in [0.4, 0.5) is 0 Å². The molecule has 0 aromatic heterocycles. The smallest absolute Gasteiger partial charge is 0.259 e. The number of allylic oxidation sites excluding steroid dienone is 2. The summed E-state index contributed by atoms with van der Waals surface area (Å²) in [5.41, 5.74) is 1.65. The number of hydrogen-bond acceptors (Lipinski definition) is 8. The Morgan fingerprint density at radius 2 is 1.67 bits per heavy atom. The number of nitrogens with one attached hydrogen (secondary N) is 1. The van der Waals surface area contributed by atoms with Crippen molar-refractivity contribution in [1.82, 2.24) is 5.32 Å². The number of phenols is 2. The maximum absolute atomic E-state index is 14.5. The summed E-state index contributed by atoms with van der Waals surface area (Å²) in [5, 5.41) is 45.0. The number of phenolic OH excluding ortho intramolecular Hbond substituents is 2. The van der Waals surface area contributed by atoms with Crippen molar-refractivity contribution in [2.24, 2.45) is 47.3 Å². The topological polar surface area (TPSA) is 146 Å². The first-order valence-electron chi connectivity index (χ1n) is 17.2. The van der Waals surface area contributed by atoms with Crippen molar-refractivity contribution < 1.29 is 39.5 Å². The monoisotopic (exact) mass is 637 g/mol. The zero-order chi connectivity index (χ0) is 33.2. The summed E-state index contributed by atoms with van der Waals surface area (Å²) >= 11 is 0. The minimum Gasteiger partial charge on any atom is -0.509 e. The average molecular weight is 638 g/mol. The van der Waals surface area contributed by atoms with Crippen molar-refractivity contribution in [3.63, 3.8) is 0 Å². The molecule has 1 spiro atoms. The molecule has 9 heteroatoms. The lowest BCUT2D eigenvalue weighted by molar-refractivity contribution is -0.356. The summed E-state index contributed by atoms with van der Waals surface area (Å²) in [6, 6.07) is 3.97. The Hall–Kier alpha value is -2.88. The Morgan fingerprint density at radius 3 is 2.33 bits per heavy atom. The van der Waals surface area contributed by atoms with Crippen LogP contribution in [0.3, 0.4) is 0 Å². The van der Waals surface area contributed by atoms with Crippen LogP contribution < -0.4 is 5.32 Å². The highest BCUT2D eigenvalue weighted by Gasteiger charge is 2.55. The van der Waals surface area contributed by atoms with Gasteiger partial charge in [-0.25, -0.2) is 0 Å². The SMILES string of the molecule is CC1=C[C@@H]2CC[C@@H](O)[C@H](C)[C@@H]2[C@@H](C(=O)C2=C(O)C(C)NC2=O)[C@@H]1C[C@H]1O[C@@]2(CC[C@H](C)[C@@H](c3cc(O)cc(O)c3)O2)[C@@H](C)C[C@@H]1C. The van der Waals surface area contributed by atoms with Crippen LogP contribution in [-0.4, -0.2) is 56.2 Å². The predicted molar refractivity (Wildman–Crippen MR) is 172 cm³/mol. The average Bonchev–Trinajstić information content (AvgIpc) is 3.24. The molecule has 6 rings (SSSR count). The number of carbonyl (C=O) groups excluding carboxylic acids is 2. The number of aromatic hydroxyl groups is 2. The van der Waals surface area contributed by atoms with E-state index in [1.807, 2.05) is 6.92 Å². The number of amides is 1. The number of benzene rings is 1. The molecule has 1 amide bonds. The van der Waals surface area contributed by atoms with Gasteiger partial charge in [0.25, 0.3) is 5.91 Å². The number of ether oxygens (including phenoxy) is 2. The fourth-order valence-corrected chi connectivity index (χ4v) is 9.54. The summed E-state index contributed by atoms with van der Waals surface area (Å²) < 4.78 is 14.0. The van der Waals surface area contributed by atoms with Crippen molar-refractivity contribution in [3.8, 4) is 11.5 Å². The van der Waals surface area contributed by atoms with Crippen LogP contribution in [0.25, 0.3) is 0 Å². The summed E-state index contributed by atoms with van der Waals surface area (Å²) in [5.74, 6) is -2.64. The van der Waals surface area contributed by atoms with Crippen molar-refractivity contribution in [2.45, 2.75) is 110 Å². The standard InChI is InChI=1S/C37H51NO8/c1-17-9-10-37(46-35(17)24-13-25(39)15-26(40)14-24)20(4)11-19(3)29(45-37)16-27-18(2)12-23-7-8-28(41)21(5)30(23)31(27)34(43)32-33(42)22(6)38-36(32)44/h12-15,17,19-23,27-31,35,39-42H,7-11,16H2,1-6H3,(H,38,44)/t17-,19-,20-,21-,22?,23-,27+,28+,29+,30-,31-,35-,37+/m0/s1. The van der Waals surface area contributed by atoms with Gasteiger partial charge in [0.15, 0.2) is 11.6 Å². The lowest BCUT2D eigenvalue weighted by Gasteiger charge is -2.54. The molecular weight excluding hydrogens is 586 g/mol. The normalized spacial score (nSPS) is 42.8. The Kier molecular flexibility index (Phi) is 8.83. The van der Waals surface area contributed by atoms with Gasteiger partial charge in [0, 0.05) is 24.3 Å². The van der Waals surface area contributed by atoms with E-state index in [1.165, 1.54) is 6.07 Å². The van der Waals surface area contributed by atoms with Gasteiger partial charge in [0.2, 0.25) is 0 Å². The molecule has 0 bridgehead atoms. The van der Waals surface area contributed by atoms with Gasteiger partial charge in [0.05, 0.1) is 24.4 Å². The number of aliphatic hydroxyl groups is 2. The number of rotatable bonds is 5. The highest BCUT2D eigenvalue weighted by atomic mass is 16.7. The minimum absolute atomic E-state index is 0.0170. The second-order valence-electron chi connectivity index (χ2n) is 15.3. The third-order valence-corrected chi connectivity index (χ3v) is 12.2. The van der Waals surface area contributed by atoms with Crippen LogP contribution in [0.1, 0.15) is 91.7 Å². The van der Waals surface area contributed by atoms with Crippen LogP contribution >= 0.6 is 0 Å². The maximum atomic E-state index is 14.5. The Morgan fingerprint density at radius 1 is 0.978 bits per heavy atom. The van der Waals surface area contributed by atoms with E-state index in [1.54, 1.807) is 19.1 Å². The highest BCUT2D eigenvalue weighted by Crippen LogP contribution is 2.54. The van der Waals surface area contributed by atoms with E-state index >= 15 is 0 Å². The largest absolute Gasteiger partial charge is 0.509 e. The summed E-state index contributed by atoms with van der Waals surface area (Å²) in [7, 11) is 0. The highest BCUT2D eigenvalue weighted by molar-refractivity contribution is 6.22. The van der Waals surface area contributed by atoms with Gasteiger partial charge >= 0.3 is 0 Å². The van der Waals surface area contributed by atoms with Gasteiger partial charge < -0.3 is 35.2 Å². The molecule has 252 valence electrons. The lowest BCUT2D eigenvalue weighted by Crippen LogP contribution is -2.56. The van der Waals surface area contributed by atoms with E-state index in [0.717, 1.165) is 24.8 Å². The first-order chi connectivity index (χ1) is 21.7. The molecular formula is C37H51NO8. The second kappa shape index (κ2) is 12.3. The molecule has 5 aliphatic rings. The molecule has 13 atom stereocenters. The van der Waals surface area contributed by atoms with Gasteiger partial charge in [-0.3, -0.25) is 9.59 Å². The quantitative estimate of drug-likeness (QED) is 0.200. The zero-order valence-corrected chi connectivity index (χ0v) is 27.9. The predicted octanol–water partition coefficient (Wildman–Crippen LogP) is 5.85. The Balaban J connectivity index is 1.33. The van der Waals surface area contributed by atoms with Crippen LogP contribution in [0.2, 0.25) is 0 Å². The summed E-state index contributed by atoms with van der Waals surface area (Å²) in [6.45, 7) is 12.2. The molecule has 1 saturated carbocycles. The fourth-order valence-electron chi connectivity index (χ4n) is 9.54. The summed E-state index contributed by atoms with van der Waals surface area (Å²) in [6.07, 6.45) is 5.51. The number of fused-ring (bicyclic) bond motifs is 1. The number of carbonyl (C=O) groups is 2. The molecule has 2 saturated heterocycles. The van der Waals surface area contributed by atoms with Gasteiger partial charge in [-0.05, 0) is 99.2 Å². The molecule has 0 radical (unpaired) electrons. The Bertz CT molecular complexity index is 1420. The molecule has 9 nitrogen and oxygen atoms in total. The molecule has 5 N–H and O–H groups in total. The van der Waals surface area contributed by atoms with Crippen molar-refractivity contribution in [1.29, 1.82) is 0 Å². The third-order valence-electron chi connectivity index (χ3n) is 12.2. The van der Waals surface area contributed by atoms with Crippen LogP contribution in [0.15, 0.2) is 41.2 Å². The molecule has 3 fully saturated rings. The molecule has 1 aromatic carbocycles. The lowest BCUT2D eigenvalue weighted by atomic mass is 9.55. The van der Waals surface area contributed by atoms with Crippen molar-refractivity contribution >= 4 is 11.7 Å². The molecule has 46 heavy (non-hydrogen) atoms. The van der Waals surface area contributed by atoms with Crippen molar-refractivity contribution in [2.75, 3.05) is 0 Å².